The first-order valence-corrected chi connectivity index (χ1v) is 6.75. The van der Waals surface area contributed by atoms with Crippen LogP contribution in [0.1, 0.15) is 0 Å². The van der Waals surface area contributed by atoms with Gasteiger partial charge in [0.15, 0.2) is 0 Å². The molecule has 0 N–H and O–H groups in total. The fourth-order valence-electron chi connectivity index (χ4n) is 2.70. The van der Waals surface area contributed by atoms with Crippen LogP contribution in [0, 0.1) is 0 Å². The van der Waals surface area contributed by atoms with Crippen molar-refractivity contribution in [2.24, 2.45) is 0 Å². The molecule has 0 bridgehead atoms. The predicted molar refractivity (Wildman–Crippen MR) is 84.7 cm³/mol. The number of fused-ring (bicyclic) bond motifs is 2. The van der Waals surface area contributed by atoms with Crippen LogP contribution < -0.4 is 0 Å². The normalized spacial score (nSPS) is 11.0. The molecule has 1 nitrogen and oxygen atoms in total. The molecule has 0 atom stereocenters. The first-order chi connectivity index (χ1) is 9.92. The molecule has 4 aromatic rings. The van der Waals surface area contributed by atoms with Crippen molar-refractivity contribution >= 4 is 21.7 Å². The first-order valence-electron chi connectivity index (χ1n) is 6.75. The van der Waals surface area contributed by atoms with Crippen molar-refractivity contribution < 1.29 is 0 Å². The van der Waals surface area contributed by atoms with Crippen molar-refractivity contribution in [2.45, 2.75) is 0 Å². The van der Waals surface area contributed by atoms with E-state index in [1.54, 1.807) is 0 Å². The van der Waals surface area contributed by atoms with E-state index in [1.807, 2.05) is 12.3 Å². The van der Waals surface area contributed by atoms with Crippen LogP contribution in [0.3, 0.4) is 0 Å². The largest absolute Gasteiger partial charge is 0.256 e. The van der Waals surface area contributed by atoms with E-state index in [2.05, 4.69) is 71.7 Å². The predicted octanol–water partition coefficient (Wildman–Crippen LogP) is 5.06. The Balaban J connectivity index is 2.09. The molecule has 0 unspecified atom stereocenters. The minimum absolute atomic E-state index is 1.05. The van der Waals surface area contributed by atoms with Gasteiger partial charge in [0.1, 0.15) is 0 Å². The molecule has 0 spiro atoms. The molecule has 0 fully saturated rings. The van der Waals surface area contributed by atoms with Gasteiger partial charge in [0.2, 0.25) is 0 Å². The Morgan fingerprint density at radius 3 is 2.15 bits per heavy atom. The van der Waals surface area contributed by atoms with Crippen LogP contribution in [-0.4, -0.2) is 4.98 Å². The van der Waals surface area contributed by atoms with Crippen LogP contribution in [0.15, 0.2) is 79.0 Å². The lowest BCUT2D eigenvalue weighted by atomic mass is 9.99. The third-order valence-corrected chi connectivity index (χ3v) is 3.69. The fraction of sp³-hybridized carbons (Fsp3) is 0. The van der Waals surface area contributed by atoms with E-state index in [1.165, 1.54) is 27.3 Å². The molecule has 4 rings (SSSR count). The summed E-state index contributed by atoms with van der Waals surface area (Å²) in [7, 11) is 0. The maximum atomic E-state index is 4.52. The quantitative estimate of drug-likeness (QED) is 0.433. The van der Waals surface area contributed by atoms with E-state index in [0.29, 0.717) is 0 Å². The Labute approximate surface area is 117 Å². The van der Waals surface area contributed by atoms with E-state index in [9.17, 15) is 0 Å². The first kappa shape index (κ1) is 11.2. The molecule has 0 aliphatic carbocycles. The van der Waals surface area contributed by atoms with Crippen molar-refractivity contribution in [1.29, 1.82) is 0 Å². The molecule has 94 valence electrons. The maximum Gasteiger partial charge on any atom is 0.0714 e. The molecule has 0 radical (unpaired) electrons. The van der Waals surface area contributed by atoms with Gasteiger partial charge in [0, 0.05) is 11.6 Å². The summed E-state index contributed by atoms with van der Waals surface area (Å²) >= 11 is 0. The van der Waals surface area contributed by atoms with Crippen LogP contribution in [0.2, 0.25) is 0 Å². The summed E-state index contributed by atoms with van der Waals surface area (Å²) in [6.45, 7) is 0. The van der Waals surface area contributed by atoms with Gasteiger partial charge in [-0.25, -0.2) is 0 Å². The summed E-state index contributed by atoms with van der Waals surface area (Å²) in [4.78, 5) is 4.52. The van der Waals surface area contributed by atoms with Crippen molar-refractivity contribution in [1.82, 2.24) is 4.98 Å². The van der Waals surface area contributed by atoms with Gasteiger partial charge >= 0.3 is 0 Å². The summed E-state index contributed by atoms with van der Waals surface area (Å²) in [6.07, 6.45) is 1.89. The number of aromatic nitrogens is 1. The second-order valence-electron chi connectivity index (χ2n) is 4.94. The van der Waals surface area contributed by atoms with E-state index >= 15 is 0 Å². The third-order valence-electron chi connectivity index (χ3n) is 3.69. The Morgan fingerprint density at radius 2 is 1.35 bits per heavy atom. The average molecular weight is 255 g/mol. The maximum absolute atomic E-state index is 4.52. The third kappa shape index (κ3) is 1.76. The Kier molecular flexibility index (Phi) is 2.49. The second-order valence-corrected chi connectivity index (χ2v) is 4.94. The lowest BCUT2D eigenvalue weighted by Gasteiger charge is -2.08. The number of benzene rings is 3. The molecule has 3 aromatic carbocycles. The molecule has 0 saturated heterocycles. The summed E-state index contributed by atoms with van der Waals surface area (Å²) in [5.41, 5.74) is 3.52. The Morgan fingerprint density at radius 1 is 0.650 bits per heavy atom. The molecule has 0 aliphatic heterocycles. The van der Waals surface area contributed by atoms with Gasteiger partial charge in [-0.3, -0.25) is 4.98 Å². The van der Waals surface area contributed by atoms with Gasteiger partial charge < -0.3 is 0 Å². The Bertz CT molecular complexity index is 895. The zero-order chi connectivity index (χ0) is 13.4. The highest BCUT2D eigenvalue weighted by atomic mass is 14.6. The topological polar surface area (TPSA) is 12.9 Å². The van der Waals surface area contributed by atoms with Crippen LogP contribution in [-0.2, 0) is 0 Å². The van der Waals surface area contributed by atoms with Gasteiger partial charge in [0.25, 0.3) is 0 Å². The highest BCUT2D eigenvalue weighted by Gasteiger charge is 2.05. The molecular formula is C19H13N. The molecule has 0 saturated carbocycles. The van der Waals surface area contributed by atoms with Gasteiger partial charge in [0.05, 0.1) is 5.52 Å². The molecule has 0 amide bonds. The Hall–Kier alpha value is -2.67. The fourth-order valence-corrected chi connectivity index (χ4v) is 2.70. The zero-order valence-electron chi connectivity index (χ0n) is 11.0. The zero-order valence-corrected chi connectivity index (χ0v) is 11.0. The van der Waals surface area contributed by atoms with E-state index in [-0.39, 0.29) is 0 Å². The van der Waals surface area contributed by atoms with Crippen LogP contribution in [0.25, 0.3) is 32.8 Å². The van der Waals surface area contributed by atoms with E-state index in [4.69, 9.17) is 0 Å². The highest BCUT2D eigenvalue weighted by Crippen LogP contribution is 2.30. The number of hydrogen-bond acceptors (Lipinski definition) is 1. The van der Waals surface area contributed by atoms with Crippen molar-refractivity contribution in [2.75, 3.05) is 0 Å². The number of hydrogen-bond donors (Lipinski definition) is 0. The van der Waals surface area contributed by atoms with Gasteiger partial charge in [-0.05, 0) is 40.1 Å². The summed E-state index contributed by atoms with van der Waals surface area (Å²) < 4.78 is 0. The minimum atomic E-state index is 1.05. The van der Waals surface area contributed by atoms with Gasteiger partial charge in [-0.2, -0.15) is 0 Å². The smallest absolute Gasteiger partial charge is 0.0714 e. The molecular weight excluding hydrogens is 242 g/mol. The summed E-state index contributed by atoms with van der Waals surface area (Å²) in [6, 6.07) is 25.4. The lowest BCUT2D eigenvalue weighted by molar-refractivity contribution is 1.42. The summed E-state index contributed by atoms with van der Waals surface area (Å²) in [5, 5.41) is 3.69. The second kappa shape index (κ2) is 4.46. The average Bonchev–Trinajstić information content (AvgIpc) is 2.53. The molecule has 1 heteroatoms. The number of pyridine rings is 1. The monoisotopic (exact) mass is 255 g/mol. The molecule has 1 aromatic heterocycles. The van der Waals surface area contributed by atoms with Crippen LogP contribution >= 0.6 is 0 Å². The van der Waals surface area contributed by atoms with Crippen molar-refractivity contribution in [3.8, 4) is 11.1 Å². The van der Waals surface area contributed by atoms with E-state index in [0.717, 1.165) is 5.52 Å². The lowest BCUT2D eigenvalue weighted by Crippen LogP contribution is -1.85. The molecule has 1 heterocycles. The van der Waals surface area contributed by atoms with Crippen LogP contribution in [0.4, 0.5) is 0 Å². The van der Waals surface area contributed by atoms with Gasteiger partial charge in [-0.15, -0.1) is 0 Å². The molecule has 20 heavy (non-hydrogen) atoms. The van der Waals surface area contributed by atoms with Crippen LogP contribution in [0.5, 0.6) is 0 Å². The number of nitrogens with zero attached hydrogens (tertiary/aromatic N) is 1. The van der Waals surface area contributed by atoms with Gasteiger partial charge in [-0.1, -0.05) is 54.6 Å². The molecule has 0 aliphatic rings. The standard InChI is InChI=1S/C19H13N/c1-2-6-14(7-3-1)17-10-11-20-19-13-16-9-5-4-8-15(16)12-18(17)19/h1-13H. The number of rotatable bonds is 1. The van der Waals surface area contributed by atoms with Crippen molar-refractivity contribution in [3.63, 3.8) is 0 Å². The van der Waals surface area contributed by atoms with E-state index < -0.39 is 0 Å². The highest BCUT2D eigenvalue weighted by molar-refractivity contribution is 6.03. The minimum Gasteiger partial charge on any atom is -0.256 e. The SMILES string of the molecule is c1ccc(-c2ccnc3cc4ccccc4cc23)cc1. The van der Waals surface area contributed by atoms with Crippen molar-refractivity contribution in [3.05, 3.63) is 79.0 Å². The summed E-state index contributed by atoms with van der Waals surface area (Å²) in [5.74, 6) is 0.